The van der Waals surface area contributed by atoms with Crippen molar-refractivity contribution >= 4 is 5.91 Å². The number of likely N-dealkylation sites (tertiary alicyclic amines) is 1. The van der Waals surface area contributed by atoms with Crippen molar-refractivity contribution in [1.29, 1.82) is 0 Å². The Labute approximate surface area is 105 Å². The largest absolute Gasteiger partial charge is 0.341 e. The molecule has 3 nitrogen and oxygen atoms in total. The Morgan fingerprint density at radius 1 is 1.44 bits per heavy atom. The number of hydrogen-bond acceptors (Lipinski definition) is 2. The SMILES string of the molecule is NC1CCN(C(=O)CCc2cc(F)ccc2F)C1. The molecule has 0 bridgehead atoms. The van der Waals surface area contributed by atoms with Crippen LogP contribution in [0.1, 0.15) is 18.4 Å². The molecule has 2 N–H and O–H groups in total. The molecule has 1 aromatic carbocycles. The first-order valence-corrected chi connectivity index (χ1v) is 6.03. The average molecular weight is 254 g/mol. The number of benzene rings is 1. The molecule has 1 aliphatic heterocycles. The van der Waals surface area contributed by atoms with Gasteiger partial charge in [0.2, 0.25) is 5.91 Å². The van der Waals surface area contributed by atoms with Gasteiger partial charge in [-0.15, -0.1) is 0 Å². The van der Waals surface area contributed by atoms with Crippen LogP contribution in [0.4, 0.5) is 8.78 Å². The van der Waals surface area contributed by atoms with Crippen LogP contribution >= 0.6 is 0 Å². The topological polar surface area (TPSA) is 46.3 Å². The van der Waals surface area contributed by atoms with Crippen molar-refractivity contribution < 1.29 is 13.6 Å². The summed E-state index contributed by atoms with van der Waals surface area (Å²) in [4.78, 5) is 13.5. The molecule has 5 heteroatoms. The molecule has 0 saturated carbocycles. The van der Waals surface area contributed by atoms with E-state index in [-0.39, 0.29) is 30.4 Å². The van der Waals surface area contributed by atoms with Crippen molar-refractivity contribution in [2.45, 2.75) is 25.3 Å². The van der Waals surface area contributed by atoms with E-state index in [9.17, 15) is 13.6 Å². The van der Waals surface area contributed by atoms with Crippen molar-refractivity contribution in [2.24, 2.45) is 5.73 Å². The van der Waals surface area contributed by atoms with Crippen LogP contribution in [-0.2, 0) is 11.2 Å². The van der Waals surface area contributed by atoms with Crippen LogP contribution < -0.4 is 5.73 Å². The summed E-state index contributed by atoms with van der Waals surface area (Å²) < 4.78 is 26.3. The lowest BCUT2D eigenvalue weighted by molar-refractivity contribution is -0.130. The van der Waals surface area contributed by atoms with Gasteiger partial charge >= 0.3 is 0 Å². The number of nitrogens with two attached hydrogens (primary N) is 1. The Bertz CT molecular complexity index is 451. The van der Waals surface area contributed by atoms with E-state index >= 15 is 0 Å². The van der Waals surface area contributed by atoms with Gasteiger partial charge in [0.15, 0.2) is 0 Å². The molecule has 1 unspecified atom stereocenters. The molecule has 18 heavy (non-hydrogen) atoms. The quantitative estimate of drug-likeness (QED) is 0.887. The molecule has 0 spiro atoms. The second-order valence-corrected chi connectivity index (χ2v) is 4.62. The monoisotopic (exact) mass is 254 g/mol. The van der Waals surface area contributed by atoms with Gasteiger partial charge in [0.25, 0.3) is 0 Å². The van der Waals surface area contributed by atoms with Crippen molar-refractivity contribution in [3.05, 3.63) is 35.4 Å². The van der Waals surface area contributed by atoms with Crippen LogP contribution in [-0.4, -0.2) is 29.9 Å². The summed E-state index contributed by atoms with van der Waals surface area (Å²) >= 11 is 0. The molecule has 0 radical (unpaired) electrons. The Morgan fingerprint density at radius 2 is 2.22 bits per heavy atom. The molecule has 1 amide bonds. The molecule has 0 aromatic heterocycles. The normalized spacial score (nSPS) is 19.3. The van der Waals surface area contributed by atoms with Crippen molar-refractivity contribution in [3.8, 4) is 0 Å². The Kier molecular flexibility index (Phi) is 3.91. The number of carbonyl (C=O) groups is 1. The highest BCUT2D eigenvalue weighted by molar-refractivity contribution is 5.76. The third-order valence-corrected chi connectivity index (χ3v) is 3.19. The van der Waals surface area contributed by atoms with Gasteiger partial charge in [-0.25, -0.2) is 8.78 Å². The molecule has 1 heterocycles. The summed E-state index contributed by atoms with van der Waals surface area (Å²) in [5.74, 6) is -1.00. The van der Waals surface area contributed by atoms with E-state index in [4.69, 9.17) is 5.73 Å². The fourth-order valence-corrected chi connectivity index (χ4v) is 2.15. The molecule has 1 fully saturated rings. The zero-order valence-electron chi connectivity index (χ0n) is 10.0. The minimum atomic E-state index is -0.484. The first-order valence-electron chi connectivity index (χ1n) is 6.03. The van der Waals surface area contributed by atoms with Gasteiger partial charge in [0.05, 0.1) is 0 Å². The van der Waals surface area contributed by atoms with Gasteiger partial charge < -0.3 is 10.6 Å². The number of halogens is 2. The van der Waals surface area contributed by atoms with Crippen LogP contribution in [0.25, 0.3) is 0 Å². The van der Waals surface area contributed by atoms with Crippen LogP contribution in [0.5, 0.6) is 0 Å². The summed E-state index contributed by atoms with van der Waals surface area (Å²) in [7, 11) is 0. The van der Waals surface area contributed by atoms with E-state index in [0.717, 1.165) is 24.6 Å². The van der Waals surface area contributed by atoms with E-state index in [1.54, 1.807) is 4.90 Å². The van der Waals surface area contributed by atoms with Crippen molar-refractivity contribution in [1.82, 2.24) is 4.90 Å². The van der Waals surface area contributed by atoms with Gasteiger partial charge in [0.1, 0.15) is 11.6 Å². The molecule has 0 aliphatic carbocycles. The lowest BCUT2D eigenvalue weighted by Gasteiger charge is -2.15. The first kappa shape index (κ1) is 13.0. The van der Waals surface area contributed by atoms with Crippen molar-refractivity contribution in [3.63, 3.8) is 0 Å². The molecular formula is C13H16F2N2O. The number of amides is 1. The third-order valence-electron chi connectivity index (χ3n) is 3.19. The highest BCUT2D eigenvalue weighted by Gasteiger charge is 2.23. The van der Waals surface area contributed by atoms with Crippen LogP contribution in [0.3, 0.4) is 0 Å². The predicted octanol–water partition coefficient (Wildman–Crippen LogP) is 1.46. The van der Waals surface area contributed by atoms with Gasteiger partial charge in [-0.1, -0.05) is 0 Å². The van der Waals surface area contributed by atoms with Crippen LogP contribution in [0.15, 0.2) is 18.2 Å². The Hall–Kier alpha value is -1.49. The lowest BCUT2D eigenvalue weighted by atomic mass is 10.1. The van der Waals surface area contributed by atoms with E-state index in [1.807, 2.05) is 0 Å². The van der Waals surface area contributed by atoms with E-state index in [2.05, 4.69) is 0 Å². The minimum Gasteiger partial charge on any atom is -0.341 e. The summed E-state index contributed by atoms with van der Waals surface area (Å²) in [5, 5.41) is 0. The van der Waals surface area contributed by atoms with Gasteiger partial charge in [0, 0.05) is 25.6 Å². The van der Waals surface area contributed by atoms with E-state index in [0.29, 0.717) is 13.1 Å². The fraction of sp³-hybridized carbons (Fsp3) is 0.462. The second-order valence-electron chi connectivity index (χ2n) is 4.62. The van der Waals surface area contributed by atoms with Gasteiger partial charge in [-0.3, -0.25) is 4.79 Å². The summed E-state index contributed by atoms with van der Waals surface area (Å²) in [6, 6.07) is 3.33. The molecule has 1 aliphatic rings. The molecule has 1 saturated heterocycles. The fourth-order valence-electron chi connectivity index (χ4n) is 2.15. The van der Waals surface area contributed by atoms with E-state index in [1.165, 1.54) is 0 Å². The number of carbonyl (C=O) groups excluding carboxylic acids is 1. The number of aryl methyl sites for hydroxylation is 1. The predicted molar refractivity (Wildman–Crippen MR) is 63.9 cm³/mol. The average Bonchev–Trinajstić information content (AvgIpc) is 2.77. The first-order chi connectivity index (χ1) is 8.56. The van der Waals surface area contributed by atoms with E-state index < -0.39 is 11.6 Å². The lowest BCUT2D eigenvalue weighted by Crippen LogP contribution is -2.32. The van der Waals surface area contributed by atoms with Gasteiger partial charge in [-0.2, -0.15) is 0 Å². The maximum absolute atomic E-state index is 13.3. The third kappa shape index (κ3) is 3.04. The van der Waals surface area contributed by atoms with Gasteiger partial charge in [-0.05, 0) is 36.6 Å². The highest BCUT2D eigenvalue weighted by Crippen LogP contribution is 2.14. The molecule has 2 rings (SSSR count). The molecular weight excluding hydrogens is 238 g/mol. The number of hydrogen-bond donors (Lipinski definition) is 1. The van der Waals surface area contributed by atoms with Crippen LogP contribution in [0.2, 0.25) is 0 Å². The Balaban J connectivity index is 1.91. The smallest absolute Gasteiger partial charge is 0.222 e. The highest BCUT2D eigenvalue weighted by atomic mass is 19.1. The zero-order chi connectivity index (χ0) is 13.1. The van der Waals surface area contributed by atoms with Crippen molar-refractivity contribution in [2.75, 3.05) is 13.1 Å². The number of nitrogens with zero attached hydrogens (tertiary/aromatic N) is 1. The molecule has 1 atom stereocenters. The second kappa shape index (κ2) is 5.44. The molecule has 1 aromatic rings. The summed E-state index contributed by atoms with van der Waals surface area (Å²) in [6.07, 6.45) is 1.21. The maximum Gasteiger partial charge on any atom is 0.222 e. The maximum atomic E-state index is 13.3. The Morgan fingerprint density at radius 3 is 2.89 bits per heavy atom. The minimum absolute atomic E-state index is 0.0415. The van der Waals surface area contributed by atoms with Crippen LogP contribution in [0, 0.1) is 11.6 Å². The summed E-state index contributed by atoms with van der Waals surface area (Å²) in [6.45, 7) is 1.22. The standard InChI is InChI=1S/C13H16F2N2O/c14-10-2-3-12(15)9(7-10)1-4-13(18)17-6-5-11(16)8-17/h2-3,7,11H,1,4-6,8,16H2. The number of rotatable bonds is 3. The summed E-state index contributed by atoms with van der Waals surface area (Å²) in [5.41, 5.74) is 5.95. The molecule has 98 valence electrons. The zero-order valence-corrected chi connectivity index (χ0v) is 10.0.